The van der Waals surface area contributed by atoms with Crippen molar-refractivity contribution < 1.29 is 4.39 Å². The standard InChI is InChI=1S/C16H21F/c1-2-13-3-7-15(8-4-13)16-9-5-14(6-10-16)11-12-17/h3-4,7-8,11-12,14,16H,2,5-6,9-10H2,1H3/t14-,16-. The summed E-state index contributed by atoms with van der Waals surface area (Å²) < 4.78 is 12.1. The van der Waals surface area contributed by atoms with E-state index in [0.29, 0.717) is 18.2 Å². The van der Waals surface area contributed by atoms with E-state index >= 15 is 0 Å². The van der Waals surface area contributed by atoms with Crippen molar-refractivity contribution in [1.29, 1.82) is 0 Å². The Morgan fingerprint density at radius 2 is 1.76 bits per heavy atom. The Balaban J connectivity index is 1.95. The van der Waals surface area contributed by atoms with Crippen molar-refractivity contribution in [3.63, 3.8) is 0 Å². The van der Waals surface area contributed by atoms with Crippen LogP contribution in [0.1, 0.15) is 49.7 Å². The number of rotatable bonds is 3. The molecule has 0 unspecified atom stereocenters. The third-order valence-corrected chi connectivity index (χ3v) is 3.98. The molecule has 92 valence electrons. The van der Waals surface area contributed by atoms with Gasteiger partial charge in [-0.1, -0.05) is 37.3 Å². The zero-order valence-corrected chi connectivity index (χ0v) is 10.5. The van der Waals surface area contributed by atoms with Crippen LogP contribution in [-0.2, 0) is 6.42 Å². The predicted molar refractivity (Wildman–Crippen MR) is 70.8 cm³/mol. The van der Waals surface area contributed by atoms with Crippen molar-refractivity contribution in [2.45, 2.75) is 44.9 Å². The van der Waals surface area contributed by atoms with E-state index in [2.05, 4.69) is 31.2 Å². The Morgan fingerprint density at radius 3 is 2.29 bits per heavy atom. The van der Waals surface area contributed by atoms with Gasteiger partial charge in [-0.25, -0.2) is 4.39 Å². The molecule has 0 spiro atoms. The molecule has 0 nitrogen and oxygen atoms in total. The maximum Gasteiger partial charge on any atom is 0.0829 e. The van der Waals surface area contributed by atoms with Gasteiger partial charge in [0, 0.05) is 0 Å². The van der Waals surface area contributed by atoms with Gasteiger partial charge >= 0.3 is 0 Å². The van der Waals surface area contributed by atoms with Crippen LogP contribution in [0.3, 0.4) is 0 Å². The molecular formula is C16H21F. The van der Waals surface area contributed by atoms with Crippen molar-refractivity contribution in [2.75, 3.05) is 0 Å². The number of halogens is 1. The molecule has 1 aromatic rings. The predicted octanol–water partition coefficient (Wildman–Crippen LogP) is 5.01. The Bertz CT molecular complexity index is 356. The largest absolute Gasteiger partial charge is 0.216 e. The molecule has 0 atom stereocenters. The first kappa shape index (κ1) is 12.3. The number of hydrogen-bond donors (Lipinski definition) is 0. The van der Waals surface area contributed by atoms with E-state index in [1.54, 1.807) is 6.08 Å². The minimum Gasteiger partial charge on any atom is -0.216 e. The molecule has 0 N–H and O–H groups in total. The van der Waals surface area contributed by atoms with Crippen LogP contribution in [-0.4, -0.2) is 0 Å². The zero-order chi connectivity index (χ0) is 12.1. The van der Waals surface area contributed by atoms with E-state index in [1.807, 2.05) is 0 Å². The van der Waals surface area contributed by atoms with E-state index in [9.17, 15) is 4.39 Å². The fourth-order valence-electron chi connectivity index (χ4n) is 2.77. The van der Waals surface area contributed by atoms with Gasteiger partial charge in [-0.3, -0.25) is 0 Å². The van der Waals surface area contributed by atoms with E-state index < -0.39 is 0 Å². The van der Waals surface area contributed by atoms with Crippen LogP contribution in [0.4, 0.5) is 4.39 Å². The molecular weight excluding hydrogens is 211 g/mol. The Morgan fingerprint density at radius 1 is 1.12 bits per heavy atom. The van der Waals surface area contributed by atoms with Crippen LogP contribution in [0.5, 0.6) is 0 Å². The quantitative estimate of drug-likeness (QED) is 0.687. The molecule has 0 bridgehead atoms. The first-order chi connectivity index (χ1) is 8.33. The third kappa shape index (κ3) is 3.18. The minimum atomic E-state index is 0.464. The van der Waals surface area contributed by atoms with E-state index in [4.69, 9.17) is 0 Å². The average Bonchev–Trinajstić information content (AvgIpc) is 2.40. The topological polar surface area (TPSA) is 0 Å². The van der Waals surface area contributed by atoms with Gasteiger partial charge in [-0.05, 0) is 55.1 Å². The number of hydrogen-bond acceptors (Lipinski definition) is 0. The van der Waals surface area contributed by atoms with Crippen LogP contribution in [0.25, 0.3) is 0 Å². The van der Waals surface area contributed by atoms with Gasteiger partial charge in [0.1, 0.15) is 0 Å². The summed E-state index contributed by atoms with van der Waals surface area (Å²) in [6, 6.07) is 9.02. The lowest BCUT2D eigenvalue weighted by Gasteiger charge is -2.26. The molecule has 0 radical (unpaired) electrons. The fourth-order valence-corrected chi connectivity index (χ4v) is 2.77. The van der Waals surface area contributed by atoms with Crippen molar-refractivity contribution in [1.82, 2.24) is 0 Å². The maximum absolute atomic E-state index is 12.1. The van der Waals surface area contributed by atoms with Crippen LogP contribution in [0.15, 0.2) is 36.7 Å². The van der Waals surface area contributed by atoms with Gasteiger partial charge in [-0.15, -0.1) is 0 Å². The fraction of sp³-hybridized carbons (Fsp3) is 0.500. The van der Waals surface area contributed by atoms with Gasteiger partial charge in [0.25, 0.3) is 0 Å². The van der Waals surface area contributed by atoms with Gasteiger partial charge in [0.05, 0.1) is 6.33 Å². The molecule has 1 aromatic carbocycles. The molecule has 1 heteroatoms. The van der Waals surface area contributed by atoms with E-state index in [-0.39, 0.29) is 0 Å². The summed E-state index contributed by atoms with van der Waals surface area (Å²) in [6.45, 7) is 2.18. The smallest absolute Gasteiger partial charge is 0.0829 e. The summed E-state index contributed by atoms with van der Waals surface area (Å²) in [4.78, 5) is 0. The zero-order valence-electron chi connectivity index (χ0n) is 10.5. The van der Waals surface area contributed by atoms with Gasteiger partial charge in [0.2, 0.25) is 0 Å². The summed E-state index contributed by atoms with van der Waals surface area (Å²) in [5, 5.41) is 0. The summed E-state index contributed by atoms with van der Waals surface area (Å²) >= 11 is 0. The SMILES string of the molecule is CCc1ccc([C@H]2CC[C@H](C=CF)CC2)cc1. The number of allylic oxidation sites excluding steroid dienone is 1. The van der Waals surface area contributed by atoms with Crippen LogP contribution < -0.4 is 0 Å². The second-order valence-corrected chi connectivity index (χ2v) is 5.03. The molecule has 0 aliphatic heterocycles. The first-order valence-electron chi connectivity index (χ1n) is 6.69. The Hall–Kier alpha value is -1.11. The lowest BCUT2D eigenvalue weighted by Crippen LogP contribution is -2.11. The van der Waals surface area contributed by atoms with Gasteiger partial charge in [-0.2, -0.15) is 0 Å². The van der Waals surface area contributed by atoms with E-state index in [1.165, 1.54) is 24.0 Å². The molecule has 2 rings (SSSR count). The third-order valence-electron chi connectivity index (χ3n) is 3.98. The molecule has 17 heavy (non-hydrogen) atoms. The molecule has 0 saturated heterocycles. The molecule has 0 aromatic heterocycles. The van der Waals surface area contributed by atoms with Crippen molar-refractivity contribution in [3.05, 3.63) is 47.8 Å². The summed E-state index contributed by atoms with van der Waals surface area (Å²) in [5.74, 6) is 1.15. The van der Waals surface area contributed by atoms with Crippen molar-refractivity contribution in [2.24, 2.45) is 5.92 Å². The molecule has 1 aliphatic carbocycles. The van der Waals surface area contributed by atoms with Crippen LogP contribution in [0.2, 0.25) is 0 Å². The highest BCUT2D eigenvalue weighted by atomic mass is 19.1. The van der Waals surface area contributed by atoms with Gasteiger partial charge < -0.3 is 0 Å². The number of benzene rings is 1. The first-order valence-corrected chi connectivity index (χ1v) is 6.69. The highest BCUT2D eigenvalue weighted by Crippen LogP contribution is 2.36. The van der Waals surface area contributed by atoms with Gasteiger partial charge in [0.15, 0.2) is 0 Å². The molecule has 1 saturated carbocycles. The van der Waals surface area contributed by atoms with Crippen LogP contribution >= 0.6 is 0 Å². The maximum atomic E-state index is 12.1. The summed E-state index contributed by atoms with van der Waals surface area (Å²) in [5.41, 5.74) is 2.87. The molecule has 0 amide bonds. The van der Waals surface area contributed by atoms with Crippen LogP contribution in [0, 0.1) is 5.92 Å². The normalized spacial score (nSPS) is 25.3. The summed E-state index contributed by atoms with van der Waals surface area (Å²) in [6.07, 6.45) is 8.17. The second-order valence-electron chi connectivity index (χ2n) is 5.03. The van der Waals surface area contributed by atoms with Crippen molar-refractivity contribution in [3.8, 4) is 0 Å². The number of aryl methyl sites for hydroxylation is 1. The lowest BCUT2D eigenvalue weighted by atomic mass is 9.78. The van der Waals surface area contributed by atoms with E-state index in [0.717, 1.165) is 19.3 Å². The highest BCUT2D eigenvalue weighted by Gasteiger charge is 2.20. The lowest BCUT2D eigenvalue weighted by molar-refractivity contribution is 0.373. The van der Waals surface area contributed by atoms with Crippen molar-refractivity contribution >= 4 is 0 Å². The summed E-state index contributed by atoms with van der Waals surface area (Å²) in [7, 11) is 0. The molecule has 1 fully saturated rings. The minimum absolute atomic E-state index is 0.464. The Labute approximate surface area is 104 Å². The average molecular weight is 232 g/mol. The monoisotopic (exact) mass is 232 g/mol. The molecule has 0 heterocycles. The second kappa shape index (κ2) is 6.00. The highest BCUT2D eigenvalue weighted by molar-refractivity contribution is 5.25. The molecule has 1 aliphatic rings. The Kier molecular flexibility index (Phi) is 4.36.